The number of urea groups is 1. The normalized spacial score (nSPS) is 17.7. The van der Waals surface area contributed by atoms with Crippen molar-refractivity contribution in [3.05, 3.63) is 24.3 Å². The van der Waals surface area contributed by atoms with Crippen LogP contribution in [0.3, 0.4) is 0 Å². The van der Waals surface area contributed by atoms with E-state index in [0.717, 1.165) is 29.5 Å². The van der Waals surface area contributed by atoms with Gasteiger partial charge in [-0.15, -0.1) is 0 Å². The molecule has 1 aliphatic heterocycles. The second kappa shape index (κ2) is 8.22. The lowest BCUT2D eigenvalue weighted by atomic mass is 9.98. The van der Waals surface area contributed by atoms with E-state index < -0.39 is 11.6 Å². The minimum Gasteiger partial charge on any atom is -0.339 e. The molecule has 1 heterocycles. The van der Waals surface area contributed by atoms with Gasteiger partial charge in [-0.2, -0.15) is 0 Å². The number of benzene rings is 1. The number of para-hydroxylation sites is 1. The van der Waals surface area contributed by atoms with E-state index in [0.29, 0.717) is 23.4 Å². The fourth-order valence-corrected chi connectivity index (χ4v) is 4.21. The molecule has 28 heavy (non-hydrogen) atoms. The van der Waals surface area contributed by atoms with Crippen LogP contribution in [-0.2, 0) is 9.59 Å². The van der Waals surface area contributed by atoms with Gasteiger partial charge in [-0.25, -0.2) is 4.79 Å². The number of hydrogen-bond acceptors (Lipinski definition) is 5. The van der Waals surface area contributed by atoms with E-state index in [1.54, 1.807) is 38.4 Å². The molecule has 1 aromatic rings. The second-order valence-corrected chi connectivity index (χ2v) is 8.23. The van der Waals surface area contributed by atoms with E-state index in [-0.39, 0.29) is 30.0 Å². The summed E-state index contributed by atoms with van der Waals surface area (Å²) < 4.78 is 0. The first-order chi connectivity index (χ1) is 13.3. The van der Waals surface area contributed by atoms with Crippen molar-refractivity contribution in [1.82, 2.24) is 15.1 Å². The van der Waals surface area contributed by atoms with Crippen LogP contribution in [0.15, 0.2) is 29.2 Å². The molecule has 0 aromatic heterocycles. The predicted octanol–water partition coefficient (Wildman–Crippen LogP) is 2.65. The molecule has 8 nitrogen and oxygen atoms in total. The van der Waals surface area contributed by atoms with Gasteiger partial charge in [0.05, 0.1) is 5.69 Å². The molecule has 2 N–H and O–H groups in total. The number of anilines is 1. The summed E-state index contributed by atoms with van der Waals surface area (Å²) in [4.78, 5) is 52.3. The minimum atomic E-state index is -0.761. The summed E-state index contributed by atoms with van der Waals surface area (Å²) in [7, 11) is 3.32. The van der Waals surface area contributed by atoms with E-state index in [9.17, 15) is 19.2 Å². The van der Waals surface area contributed by atoms with Gasteiger partial charge in [0.2, 0.25) is 5.91 Å². The van der Waals surface area contributed by atoms with Gasteiger partial charge in [-0.3, -0.25) is 19.3 Å². The standard InChI is InChI=1S/C19H24N4O4S/c1-22(2)18(27)28-14-8-4-3-7-13(14)20-15(24)9-12-23-16(25)19(21-17(23)26)10-5-6-11-19/h3-4,7-8H,5-6,9-12H2,1-2H3,(H,20,24)(H,21,26). The van der Waals surface area contributed by atoms with Crippen molar-refractivity contribution in [3.8, 4) is 0 Å². The fourth-order valence-electron chi connectivity index (χ4n) is 3.47. The van der Waals surface area contributed by atoms with Gasteiger partial charge < -0.3 is 15.5 Å². The molecule has 150 valence electrons. The zero-order valence-corrected chi connectivity index (χ0v) is 16.8. The number of imide groups is 1. The highest BCUT2D eigenvalue weighted by Gasteiger charge is 2.52. The Bertz CT molecular complexity index is 805. The monoisotopic (exact) mass is 404 g/mol. The maximum Gasteiger partial charge on any atom is 0.325 e. The SMILES string of the molecule is CN(C)C(=O)Sc1ccccc1NC(=O)CCN1C(=O)NC2(CCCC2)C1=O. The van der Waals surface area contributed by atoms with Gasteiger partial charge >= 0.3 is 6.03 Å². The highest BCUT2D eigenvalue weighted by molar-refractivity contribution is 8.13. The minimum absolute atomic E-state index is 0.00410. The smallest absolute Gasteiger partial charge is 0.325 e. The van der Waals surface area contributed by atoms with Crippen LogP contribution in [0.2, 0.25) is 0 Å². The summed E-state index contributed by atoms with van der Waals surface area (Å²) in [5, 5.41) is 5.42. The summed E-state index contributed by atoms with van der Waals surface area (Å²) in [5.41, 5.74) is -0.235. The van der Waals surface area contributed by atoms with Crippen molar-refractivity contribution in [1.29, 1.82) is 0 Å². The highest BCUT2D eigenvalue weighted by atomic mass is 32.2. The summed E-state index contributed by atoms with van der Waals surface area (Å²) in [6, 6.07) is 6.59. The summed E-state index contributed by atoms with van der Waals surface area (Å²) in [5.74, 6) is -0.548. The molecule has 5 amide bonds. The van der Waals surface area contributed by atoms with Gasteiger partial charge in [0.25, 0.3) is 11.1 Å². The molecule has 1 saturated carbocycles. The highest BCUT2D eigenvalue weighted by Crippen LogP contribution is 2.35. The maximum atomic E-state index is 12.6. The molecule has 2 fully saturated rings. The van der Waals surface area contributed by atoms with E-state index in [1.165, 1.54) is 4.90 Å². The third kappa shape index (κ3) is 4.14. The predicted molar refractivity (Wildman–Crippen MR) is 106 cm³/mol. The number of nitrogens with one attached hydrogen (secondary N) is 2. The second-order valence-electron chi connectivity index (χ2n) is 7.23. The van der Waals surface area contributed by atoms with Crippen LogP contribution in [-0.4, -0.2) is 59.1 Å². The molecular weight excluding hydrogens is 380 g/mol. The Morgan fingerprint density at radius 3 is 2.57 bits per heavy atom. The third-order valence-corrected chi connectivity index (χ3v) is 6.10. The first kappa shape index (κ1) is 20.2. The molecule has 3 rings (SSSR count). The fraction of sp³-hybridized carbons (Fsp3) is 0.474. The van der Waals surface area contributed by atoms with Crippen molar-refractivity contribution in [2.24, 2.45) is 0 Å². The summed E-state index contributed by atoms with van der Waals surface area (Å²) in [6.07, 6.45) is 3.15. The Hall–Kier alpha value is -2.55. The first-order valence-corrected chi connectivity index (χ1v) is 10.1. The van der Waals surface area contributed by atoms with Gasteiger partial charge in [-0.05, 0) is 36.7 Å². The molecule has 1 aromatic carbocycles. The average molecular weight is 404 g/mol. The van der Waals surface area contributed by atoms with Crippen molar-refractivity contribution >= 4 is 40.5 Å². The lowest BCUT2D eigenvalue weighted by molar-refractivity contribution is -0.131. The molecule has 0 atom stereocenters. The number of amides is 5. The zero-order valence-electron chi connectivity index (χ0n) is 16.0. The molecule has 2 aliphatic rings. The van der Waals surface area contributed by atoms with Crippen LogP contribution < -0.4 is 10.6 Å². The van der Waals surface area contributed by atoms with E-state index in [1.807, 2.05) is 0 Å². The van der Waals surface area contributed by atoms with Gasteiger partial charge in [0.1, 0.15) is 5.54 Å². The number of nitrogens with zero attached hydrogens (tertiary/aromatic N) is 2. The Balaban J connectivity index is 1.59. The van der Waals surface area contributed by atoms with Crippen LogP contribution in [0.4, 0.5) is 15.3 Å². The third-order valence-electron chi connectivity index (χ3n) is 4.99. The van der Waals surface area contributed by atoms with E-state index in [2.05, 4.69) is 10.6 Å². The topological polar surface area (TPSA) is 98.8 Å². The van der Waals surface area contributed by atoms with Gasteiger partial charge in [0, 0.05) is 32.0 Å². The summed E-state index contributed by atoms with van der Waals surface area (Å²) in [6.45, 7) is 0.0319. The average Bonchev–Trinajstić information content (AvgIpc) is 3.21. The molecular formula is C19H24N4O4S. The van der Waals surface area contributed by atoms with Gasteiger partial charge in [-0.1, -0.05) is 25.0 Å². The van der Waals surface area contributed by atoms with E-state index in [4.69, 9.17) is 0 Å². The molecule has 1 saturated heterocycles. The number of carbonyl (C=O) groups excluding carboxylic acids is 4. The Morgan fingerprint density at radius 1 is 1.21 bits per heavy atom. The Morgan fingerprint density at radius 2 is 1.89 bits per heavy atom. The molecule has 0 unspecified atom stereocenters. The zero-order chi connectivity index (χ0) is 20.3. The maximum absolute atomic E-state index is 12.6. The quantitative estimate of drug-likeness (QED) is 0.581. The lowest BCUT2D eigenvalue weighted by Crippen LogP contribution is -2.44. The molecule has 0 radical (unpaired) electrons. The number of carbonyl (C=O) groups is 4. The number of hydrogen-bond donors (Lipinski definition) is 2. The van der Waals surface area contributed by atoms with Crippen LogP contribution in [0.1, 0.15) is 32.1 Å². The van der Waals surface area contributed by atoms with Gasteiger partial charge in [0.15, 0.2) is 0 Å². The van der Waals surface area contributed by atoms with Crippen molar-refractivity contribution in [3.63, 3.8) is 0 Å². The molecule has 0 bridgehead atoms. The Labute approximate surface area is 168 Å². The van der Waals surface area contributed by atoms with Crippen molar-refractivity contribution < 1.29 is 19.2 Å². The first-order valence-electron chi connectivity index (χ1n) is 9.24. The number of rotatable bonds is 5. The van der Waals surface area contributed by atoms with Crippen LogP contribution >= 0.6 is 11.8 Å². The van der Waals surface area contributed by atoms with Crippen LogP contribution in [0, 0.1) is 0 Å². The number of thioether (sulfide) groups is 1. The van der Waals surface area contributed by atoms with Crippen molar-refractivity contribution in [2.45, 2.75) is 42.5 Å². The van der Waals surface area contributed by atoms with E-state index >= 15 is 0 Å². The molecule has 1 aliphatic carbocycles. The summed E-state index contributed by atoms with van der Waals surface area (Å²) >= 11 is 1.02. The molecule has 9 heteroatoms. The largest absolute Gasteiger partial charge is 0.339 e. The molecule has 1 spiro atoms. The lowest BCUT2D eigenvalue weighted by Gasteiger charge is -2.20. The Kier molecular flexibility index (Phi) is 5.93. The van der Waals surface area contributed by atoms with Crippen LogP contribution in [0.5, 0.6) is 0 Å². The van der Waals surface area contributed by atoms with Crippen molar-refractivity contribution in [2.75, 3.05) is 26.0 Å². The van der Waals surface area contributed by atoms with Crippen LogP contribution in [0.25, 0.3) is 0 Å².